The number of rotatable bonds is 3. The molecule has 0 unspecified atom stereocenters. The summed E-state index contributed by atoms with van der Waals surface area (Å²) in [6.07, 6.45) is 4.26. The first-order valence-corrected chi connectivity index (χ1v) is 5.91. The Labute approximate surface area is 101 Å². The van der Waals surface area contributed by atoms with Crippen LogP contribution >= 0.6 is 0 Å². The Bertz CT molecular complexity index is 500. The van der Waals surface area contributed by atoms with Crippen molar-refractivity contribution in [1.29, 1.82) is 0 Å². The van der Waals surface area contributed by atoms with E-state index >= 15 is 0 Å². The number of hydrogen-bond acceptors (Lipinski definition) is 2. The van der Waals surface area contributed by atoms with E-state index in [0.29, 0.717) is 0 Å². The summed E-state index contributed by atoms with van der Waals surface area (Å²) < 4.78 is 5.19. The van der Waals surface area contributed by atoms with Gasteiger partial charge in [-0.25, -0.2) is 0 Å². The molecule has 0 atom stereocenters. The van der Waals surface area contributed by atoms with Crippen LogP contribution in [0.3, 0.4) is 0 Å². The fourth-order valence-electron chi connectivity index (χ4n) is 2.37. The minimum Gasteiger partial charge on any atom is -0.497 e. The number of ether oxygens (including phenoxy) is 1. The van der Waals surface area contributed by atoms with Crippen molar-refractivity contribution in [1.82, 2.24) is 4.98 Å². The summed E-state index contributed by atoms with van der Waals surface area (Å²) in [6, 6.07) is 14.5. The van der Waals surface area contributed by atoms with Gasteiger partial charge in [0.15, 0.2) is 0 Å². The summed E-state index contributed by atoms with van der Waals surface area (Å²) >= 11 is 0. The predicted octanol–water partition coefficient (Wildman–Crippen LogP) is 3.17. The highest BCUT2D eigenvalue weighted by molar-refractivity contribution is 5.43. The minimum absolute atomic E-state index is 0.160. The first-order chi connectivity index (χ1) is 8.35. The summed E-state index contributed by atoms with van der Waals surface area (Å²) in [6.45, 7) is 0. The van der Waals surface area contributed by atoms with Crippen LogP contribution in [0.15, 0.2) is 48.7 Å². The maximum Gasteiger partial charge on any atom is 0.118 e. The molecule has 2 aromatic rings. The molecule has 17 heavy (non-hydrogen) atoms. The molecule has 86 valence electrons. The zero-order valence-corrected chi connectivity index (χ0v) is 9.89. The van der Waals surface area contributed by atoms with Crippen molar-refractivity contribution >= 4 is 0 Å². The zero-order valence-electron chi connectivity index (χ0n) is 9.89. The molecule has 0 aliphatic heterocycles. The van der Waals surface area contributed by atoms with Crippen LogP contribution in [0.2, 0.25) is 0 Å². The summed E-state index contributed by atoms with van der Waals surface area (Å²) in [4.78, 5) is 4.50. The van der Waals surface area contributed by atoms with Crippen LogP contribution in [0, 0.1) is 0 Å². The van der Waals surface area contributed by atoms with E-state index < -0.39 is 0 Å². The third-order valence-electron chi connectivity index (χ3n) is 3.55. The molecule has 0 bridgehead atoms. The van der Waals surface area contributed by atoms with Gasteiger partial charge in [-0.15, -0.1) is 0 Å². The molecule has 0 N–H and O–H groups in total. The van der Waals surface area contributed by atoms with Crippen LogP contribution in [0.1, 0.15) is 24.1 Å². The quantitative estimate of drug-likeness (QED) is 0.800. The third-order valence-corrected chi connectivity index (χ3v) is 3.55. The van der Waals surface area contributed by atoms with Crippen LogP contribution in [-0.2, 0) is 5.41 Å². The van der Waals surface area contributed by atoms with Crippen LogP contribution in [-0.4, -0.2) is 12.1 Å². The Balaban J connectivity index is 1.98. The molecule has 1 fully saturated rings. The van der Waals surface area contributed by atoms with E-state index in [2.05, 4.69) is 29.2 Å². The van der Waals surface area contributed by atoms with Crippen molar-refractivity contribution in [2.45, 2.75) is 18.3 Å². The van der Waals surface area contributed by atoms with E-state index in [9.17, 15) is 0 Å². The normalized spacial score (nSPS) is 16.5. The molecule has 0 saturated heterocycles. The summed E-state index contributed by atoms with van der Waals surface area (Å²) in [5.41, 5.74) is 2.69. The number of hydrogen-bond donors (Lipinski definition) is 0. The van der Waals surface area contributed by atoms with Gasteiger partial charge in [0.2, 0.25) is 0 Å². The molecule has 0 radical (unpaired) electrons. The Morgan fingerprint density at radius 1 is 1.06 bits per heavy atom. The van der Waals surface area contributed by atoms with Crippen molar-refractivity contribution in [3.05, 3.63) is 59.9 Å². The van der Waals surface area contributed by atoms with E-state index in [1.54, 1.807) is 7.11 Å². The molecular weight excluding hydrogens is 210 g/mol. The molecular formula is C15H15NO. The summed E-state index contributed by atoms with van der Waals surface area (Å²) in [5.74, 6) is 0.908. The van der Waals surface area contributed by atoms with Gasteiger partial charge in [0.25, 0.3) is 0 Å². The number of methoxy groups -OCH3 is 1. The number of benzene rings is 1. The van der Waals surface area contributed by atoms with Crippen LogP contribution < -0.4 is 4.74 Å². The Morgan fingerprint density at radius 3 is 2.35 bits per heavy atom. The largest absolute Gasteiger partial charge is 0.497 e. The van der Waals surface area contributed by atoms with Crippen molar-refractivity contribution < 1.29 is 4.74 Å². The maximum atomic E-state index is 5.19. The Kier molecular flexibility index (Phi) is 2.36. The molecule has 1 saturated carbocycles. The van der Waals surface area contributed by atoms with E-state index in [1.807, 2.05) is 24.4 Å². The lowest BCUT2D eigenvalue weighted by atomic mass is 9.92. The second kappa shape index (κ2) is 3.88. The number of aromatic nitrogens is 1. The first-order valence-electron chi connectivity index (χ1n) is 5.91. The molecule has 0 amide bonds. The molecule has 0 spiro atoms. The lowest BCUT2D eigenvalue weighted by Crippen LogP contribution is -2.10. The highest BCUT2D eigenvalue weighted by Crippen LogP contribution is 2.52. The van der Waals surface area contributed by atoms with Crippen LogP contribution in [0.5, 0.6) is 5.75 Å². The topological polar surface area (TPSA) is 22.1 Å². The van der Waals surface area contributed by atoms with Gasteiger partial charge >= 0.3 is 0 Å². The van der Waals surface area contributed by atoms with Gasteiger partial charge in [0, 0.05) is 11.6 Å². The van der Waals surface area contributed by atoms with Gasteiger partial charge < -0.3 is 4.74 Å². The van der Waals surface area contributed by atoms with Crippen molar-refractivity contribution in [2.75, 3.05) is 7.11 Å². The van der Waals surface area contributed by atoms with Gasteiger partial charge in [0.05, 0.1) is 12.8 Å². The van der Waals surface area contributed by atoms with Crippen molar-refractivity contribution in [3.8, 4) is 5.75 Å². The lowest BCUT2D eigenvalue weighted by molar-refractivity contribution is 0.414. The van der Waals surface area contributed by atoms with Crippen LogP contribution in [0.4, 0.5) is 0 Å². The minimum atomic E-state index is 0.160. The molecule has 1 aromatic carbocycles. The molecule has 1 aliphatic carbocycles. The molecule has 2 nitrogen and oxygen atoms in total. The average Bonchev–Trinajstić information content (AvgIpc) is 3.21. The highest BCUT2D eigenvalue weighted by atomic mass is 16.5. The fraction of sp³-hybridized carbons (Fsp3) is 0.267. The second-order valence-electron chi connectivity index (χ2n) is 4.53. The molecule has 3 rings (SSSR count). The van der Waals surface area contributed by atoms with Crippen LogP contribution in [0.25, 0.3) is 0 Å². The number of nitrogens with zero attached hydrogens (tertiary/aromatic N) is 1. The van der Waals surface area contributed by atoms with Gasteiger partial charge in [0.1, 0.15) is 5.75 Å². The summed E-state index contributed by atoms with van der Waals surface area (Å²) in [5, 5.41) is 0. The third kappa shape index (κ3) is 1.70. The van der Waals surface area contributed by atoms with Gasteiger partial charge in [-0.2, -0.15) is 0 Å². The van der Waals surface area contributed by atoms with Gasteiger partial charge in [-0.05, 0) is 42.7 Å². The Morgan fingerprint density at radius 2 is 1.82 bits per heavy atom. The molecule has 1 aromatic heterocycles. The second-order valence-corrected chi connectivity index (χ2v) is 4.53. The maximum absolute atomic E-state index is 5.19. The molecule has 2 heteroatoms. The van der Waals surface area contributed by atoms with E-state index in [-0.39, 0.29) is 5.41 Å². The summed E-state index contributed by atoms with van der Waals surface area (Å²) in [7, 11) is 1.70. The number of pyridine rings is 1. The monoisotopic (exact) mass is 225 g/mol. The smallest absolute Gasteiger partial charge is 0.118 e. The fourth-order valence-corrected chi connectivity index (χ4v) is 2.37. The molecule has 1 heterocycles. The average molecular weight is 225 g/mol. The standard InChI is InChI=1S/C15H15NO/c1-17-13-7-5-12(6-8-13)15(9-10-15)14-4-2-3-11-16-14/h2-8,11H,9-10H2,1H3. The zero-order chi connectivity index (χ0) is 11.7. The van der Waals surface area contributed by atoms with E-state index in [0.717, 1.165) is 5.75 Å². The van der Waals surface area contributed by atoms with Gasteiger partial charge in [-0.1, -0.05) is 18.2 Å². The predicted molar refractivity (Wildman–Crippen MR) is 67.2 cm³/mol. The Hall–Kier alpha value is -1.83. The van der Waals surface area contributed by atoms with E-state index in [1.165, 1.54) is 24.1 Å². The SMILES string of the molecule is COc1ccc(C2(c3ccccn3)CC2)cc1. The van der Waals surface area contributed by atoms with Crippen molar-refractivity contribution in [3.63, 3.8) is 0 Å². The van der Waals surface area contributed by atoms with E-state index in [4.69, 9.17) is 4.74 Å². The van der Waals surface area contributed by atoms with Crippen molar-refractivity contribution in [2.24, 2.45) is 0 Å². The van der Waals surface area contributed by atoms with Gasteiger partial charge in [-0.3, -0.25) is 4.98 Å². The highest BCUT2D eigenvalue weighted by Gasteiger charge is 2.46. The first kappa shape index (κ1) is 10.3. The lowest BCUT2D eigenvalue weighted by Gasteiger charge is -2.15. The molecule has 1 aliphatic rings.